The lowest BCUT2D eigenvalue weighted by Gasteiger charge is -2.29. The molecule has 1 aliphatic carbocycles. The fraction of sp³-hybridized carbons (Fsp3) is 0.481. The summed E-state index contributed by atoms with van der Waals surface area (Å²) in [5.41, 5.74) is 3.35. The van der Waals surface area contributed by atoms with Crippen molar-refractivity contribution in [2.45, 2.75) is 77.9 Å². The molecule has 5 heteroatoms. The maximum absolute atomic E-state index is 13.2. The molecule has 2 amide bonds. The van der Waals surface area contributed by atoms with Crippen molar-refractivity contribution in [1.82, 2.24) is 10.2 Å². The van der Waals surface area contributed by atoms with Crippen LogP contribution in [0.15, 0.2) is 48.5 Å². The van der Waals surface area contributed by atoms with Gasteiger partial charge in [-0.15, -0.1) is 0 Å². The maximum Gasteiger partial charge on any atom is 0.261 e. The third-order valence-corrected chi connectivity index (χ3v) is 6.21. The molecule has 0 aromatic heterocycles. The quantitative estimate of drug-likeness (QED) is 0.604. The number of amides is 2. The van der Waals surface area contributed by atoms with E-state index >= 15 is 0 Å². The summed E-state index contributed by atoms with van der Waals surface area (Å²) in [7, 11) is 0. The average molecular weight is 437 g/mol. The normalized spacial score (nSPS) is 14.9. The first-order chi connectivity index (χ1) is 15.3. The number of aryl methyl sites for hydroxylation is 1. The zero-order chi connectivity index (χ0) is 23.1. The van der Waals surface area contributed by atoms with Crippen molar-refractivity contribution in [2.75, 3.05) is 6.61 Å². The highest BCUT2D eigenvalue weighted by molar-refractivity contribution is 5.88. The van der Waals surface area contributed by atoms with Gasteiger partial charge in [0.05, 0.1) is 0 Å². The number of rotatable bonds is 9. The molecule has 1 atom stereocenters. The van der Waals surface area contributed by atoms with Gasteiger partial charge in [-0.05, 0) is 55.9 Å². The first-order valence-electron chi connectivity index (χ1n) is 11.7. The molecule has 172 valence electrons. The Balaban J connectivity index is 1.69. The van der Waals surface area contributed by atoms with E-state index in [0.29, 0.717) is 18.2 Å². The molecule has 0 saturated heterocycles. The molecule has 0 aliphatic heterocycles. The van der Waals surface area contributed by atoms with Gasteiger partial charge in [0.2, 0.25) is 5.91 Å². The van der Waals surface area contributed by atoms with Crippen LogP contribution in [0.5, 0.6) is 5.75 Å². The Hall–Kier alpha value is -2.82. The minimum absolute atomic E-state index is 0.0980. The molecule has 0 bridgehead atoms. The topological polar surface area (TPSA) is 58.6 Å². The predicted molar refractivity (Wildman–Crippen MR) is 128 cm³/mol. The first-order valence-corrected chi connectivity index (χ1v) is 11.7. The Morgan fingerprint density at radius 2 is 1.75 bits per heavy atom. The number of nitrogens with zero attached hydrogens (tertiary/aromatic N) is 1. The van der Waals surface area contributed by atoms with Crippen molar-refractivity contribution in [3.05, 3.63) is 65.2 Å². The first kappa shape index (κ1) is 23.8. The summed E-state index contributed by atoms with van der Waals surface area (Å²) >= 11 is 0. The molecule has 0 unspecified atom stereocenters. The second-order valence-electron chi connectivity index (χ2n) is 9.19. The highest BCUT2D eigenvalue weighted by Gasteiger charge is 2.28. The van der Waals surface area contributed by atoms with Crippen LogP contribution < -0.4 is 10.1 Å². The average Bonchev–Trinajstić information content (AvgIpc) is 3.28. The van der Waals surface area contributed by atoms with Crippen LogP contribution in [0.25, 0.3) is 0 Å². The van der Waals surface area contributed by atoms with Gasteiger partial charge < -0.3 is 15.0 Å². The van der Waals surface area contributed by atoms with E-state index in [1.165, 1.54) is 5.56 Å². The van der Waals surface area contributed by atoms with Gasteiger partial charge in [0.1, 0.15) is 11.8 Å². The summed E-state index contributed by atoms with van der Waals surface area (Å²) in [6.45, 7) is 8.37. The van der Waals surface area contributed by atoms with E-state index in [9.17, 15) is 9.59 Å². The number of ether oxygens (including phenoxy) is 1. The lowest BCUT2D eigenvalue weighted by Crippen LogP contribution is -2.50. The standard InChI is InChI=1S/C27H36N2O3/c1-19(2)23-12-14-25(15-13-23)32-18-26(30)29(17-22-9-7-8-20(3)16-22)21(4)27(31)28-24-10-5-6-11-24/h7-9,12-16,19,21,24H,5-6,10-11,17-18H2,1-4H3,(H,28,31)/t21-/m1/s1. The zero-order valence-electron chi connectivity index (χ0n) is 19.8. The van der Waals surface area contributed by atoms with Crippen LogP contribution >= 0.6 is 0 Å². The monoisotopic (exact) mass is 436 g/mol. The minimum atomic E-state index is -0.574. The molecule has 32 heavy (non-hydrogen) atoms. The highest BCUT2D eigenvalue weighted by Crippen LogP contribution is 2.20. The molecule has 1 saturated carbocycles. The second-order valence-corrected chi connectivity index (χ2v) is 9.19. The lowest BCUT2D eigenvalue weighted by atomic mass is 10.0. The number of hydrogen-bond acceptors (Lipinski definition) is 3. The molecule has 0 radical (unpaired) electrons. The summed E-state index contributed by atoms with van der Waals surface area (Å²) in [6, 6.07) is 15.5. The zero-order valence-corrected chi connectivity index (χ0v) is 19.8. The molecule has 3 rings (SSSR count). The SMILES string of the molecule is Cc1cccc(CN(C(=O)COc2ccc(C(C)C)cc2)[C@H](C)C(=O)NC2CCCC2)c1. The Kier molecular flexibility index (Phi) is 8.32. The van der Waals surface area contributed by atoms with Gasteiger partial charge in [-0.3, -0.25) is 9.59 Å². The van der Waals surface area contributed by atoms with Crippen LogP contribution in [-0.2, 0) is 16.1 Å². The van der Waals surface area contributed by atoms with E-state index in [1.54, 1.807) is 11.8 Å². The third kappa shape index (κ3) is 6.59. The van der Waals surface area contributed by atoms with Gasteiger partial charge in [-0.1, -0.05) is 68.7 Å². The smallest absolute Gasteiger partial charge is 0.261 e. The van der Waals surface area contributed by atoms with Crippen molar-refractivity contribution in [1.29, 1.82) is 0 Å². The Morgan fingerprint density at radius 1 is 1.06 bits per heavy atom. The van der Waals surface area contributed by atoms with Crippen LogP contribution in [0, 0.1) is 6.92 Å². The van der Waals surface area contributed by atoms with Crippen LogP contribution in [-0.4, -0.2) is 35.4 Å². The van der Waals surface area contributed by atoms with Crippen molar-refractivity contribution in [3.63, 3.8) is 0 Å². The predicted octanol–water partition coefficient (Wildman–Crippen LogP) is 4.97. The third-order valence-electron chi connectivity index (χ3n) is 6.21. The lowest BCUT2D eigenvalue weighted by molar-refractivity contribution is -0.142. The van der Waals surface area contributed by atoms with Gasteiger partial charge in [0.25, 0.3) is 5.91 Å². The van der Waals surface area contributed by atoms with Crippen LogP contribution in [0.4, 0.5) is 0 Å². The molecule has 1 fully saturated rings. The van der Waals surface area contributed by atoms with Crippen LogP contribution in [0.2, 0.25) is 0 Å². The summed E-state index contributed by atoms with van der Waals surface area (Å²) in [5, 5.41) is 3.13. The molecule has 2 aromatic rings. The summed E-state index contributed by atoms with van der Waals surface area (Å²) in [6.07, 6.45) is 4.32. The molecule has 1 aliphatic rings. The van der Waals surface area contributed by atoms with Gasteiger partial charge >= 0.3 is 0 Å². The van der Waals surface area contributed by atoms with Gasteiger partial charge in [0, 0.05) is 12.6 Å². The van der Waals surface area contributed by atoms with E-state index in [4.69, 9.17) is 4.74 Å². The Bertz CT molecular complexity index is 901. The Labute approximate surface area is 192 Å². The van der Waals surface area contributed by atoms with Crippen LogP contribution in [0.1, 0.15) is 69.1 Å². The van der Waals surface area contributed by atoms with Crippen molar-refractivity contribution < 1.29 is 14.3 Å². The molecule has 2 aromatic carbocycles. The molecule has 5 nitrogen and oxygen atoms in total. The molecular weight excluding hydrogens is 400 g/mol. The molecule has 0 spiro atoms. The fourth-order valence-electron chi connectivity index (χ4n) is 4.16. The second kappa shape index (κ2) is 11.2. The van der Waals surface area contributed by atoms with Gasteiger partial charge in [0.15, 0.2) is 6.61 Å². The van der Waals surface area contributed by atoms with E-state index in [1.807, 2.05) is 55.5 Å². The van der Waals surface area contributed by atoms with E-state index < -0.39 is 6.04 Å². The largest absolute Gasteiger partial charge is 0.484 e. The summed E-state index contributed by atoms with van der Waals surface area (Å²) in [5.74, 6) is 0.795. The van der Waals surface area contributed by atoms with Crippen molar-refractivity contribution in [3.8, 4) is 5.75 Å². The maximum atomic E-state index is 13.2. The molecule has 0 heterocycles. The number of benzene rings is 2. The van der Waals surface area contributed by atoms with E-state index in [-0.39, 0.29) is 24.5 Å². The number of hydrogen-bond donors (Lipinski definition) is 1. The van der Waals surface area contributed by atoms with E-state index in [2.05, 4.69) is 19.2 Å². The van der Waals surface area contributed by atoms with Gasteiger partial charge in [-0.2, -0.15) is 0 Å². The molecule has 1 N–H and O–H groups in total. The van der Waals surface area contributed by atoms with Crippen LogP contribution in [0.3, 0.4) is 0 Å². The van der Waals surface area contributed by atoms with Gasteiger partial charge in [-0.25, -0.2) is 0 Å². The minimum Gasteiger partial charge on any atom is -0.484 e. The number of carbonyl (C=O) groups is 2. The summed E-state index contributed by atoms with van der Waals surface area (Å²) < 4.78 is 5.79. The fourth-order valence-corrected chi connectivity index (χ4v) is 4.16. The highest BCUT2D eigenvalue weighted by atomic mass is 16.5. The number of carbonyl (C=O) groups excluding carboxylic acids is 2. The Morgan fingerprint density at radius 3 is 2.38 bits per heavy atom. The molecular formula is C27H36N2O3. The van der Waals surface area contributed by atoms with Crippen molar-refractivity contribution >= 4 is 11.8 Å². The van der Waals surface area contributed by atoms with E-state index in [0.717, 1.165) is 36.8 Å². The summed E-state index contributed by atoms with van der Waals surface area (Å²) in [4.78, 5) is 27.7. The number of nitrogens with one attached hydrogen (secondary N) is 1. The van der Waals surface area contributed by atoms with Crippen molar-refractivity contribution in [2.24, 2.45) is 0 Å².